The average molecular weight is 239 g/mol. The average Bonchev–Trinajstić information content (AvgIpc) is 2.21. The minimum absolute atomic E-state index is 0.0209. The molecule has 1 N–H and O–H groups in total. The third kappa shape index (κ3) is 4.49. The fourth-order valence-electron chi connectivity index (χ4n) is 1.17. The molecule has 0 aromatic heterocycles. The van der Waals surface area contributed by atoms with E-state index in [4.69, 9.17) is 0 Å². The second kappa shape index (κ2) is 6.18. The van der Waals surface area contributed by atoms with Gasteiger partial charge in [-0.3, -0.25) is 0 Å². The fourth-order valence-corrected chi connectivity index (χ4v) is 1.17. The number of azo groups is 1. The molecule has 1 atom stereocenters. The number of allylic oxidation sites excluding steroid dienone is 1. The Hall–Kier alpha value is -0.860. The summed E-state index contributed by atoms with van der Waals surface area (Å²) in [5, 5.41) is 11.6. The summed E-state index contributed by atoms with van der Waals surface area (Å²) >= 11 is 0. The molecular formula is C14H29N3. The maximum absolute atomic E-state index is 4.29. The van der Waals surface area contributed by atoms with E-state index in [1.54, 1.807) is 7.05 Å². The van der Waals surface area contributed by atoms with Crippen LogP contribution in [0.3, 0.4) is 0 Å². The molecule has 0 fully saturated rings. The Kier molecular flexibility index (Phi) is 5.86. The molecular weight excluding hydrogens is 210 g/mol. The molecule has 0 aliphatic heterocycles. The SMILES string of the molecule is CCC(C)N/C=C(\N=N/C)C(C)(C)C(C)(C)C. The van der Waals surface area contributed by atoms with Gasteiger partial charge < -0.3 is 5.32 Å². The molecule has 0 aliphatic carbocycles. The molecule has 0 aromatic carbocycles. The van der Waals surface area contributed by atoms with E-state index in [9.17, 15) is 0 Å². The van der Waals surface area contributed by atoms with E-state index in [2.05, 4.69) is 64.0 Å². The van der Waals surface area contributed by atoms with Gasteiger partial charge in [0.1, 0.15) is 0 Å². The highest BCUT2D eigenvalue weighted by molar-refractivity contribution is 5.13. The van der Waals surface area contributed by atoms with Crippen molar-refractivity contribution in [2.75, 3.05) is 7.05 Å². The molecule has 0 spiro atoms. The number of rotatable bonds is 5. The van der Waals surface area contributed by atoms with E-state index in [0.717, 1.165) is 12.1 Å². The van der Waals surface area contributed by atoms with Crippen LogP contribution in [0, 0.1) is 10.8 Å². The first-order valence-corrected chi connectivity index (χ1v) is 6.43. The van der Waals surface area contributed by atoms with Crippen LogP contribution in [0.2, 0.25) is 0 Å². The topological polar surface area (TPSA) is 36.8 Å². The molecule has 3 heteroatoms. The summed E-state index contributed by atoms with van der Waals surface area (Å²) in [7, 11) is 1.72. The summed E-state index contributed by atoms with van der Waals surface area (Å²) in [6.07, 6.45) is 3.12. The first-order chi connectivity index (χ1) is 7.66. The normalized spacial score (nSPS) is 16.4. The zero-order valence-corrected chi connectivity index (χ0v) is 12.8. The van der Waals surface area contributed by atoms with Crippen LogP contribution in [0.5, 0.6) is 0 Å². The summed E-state index contributed by atoms with van der Waals surface area (Å²) in [6, 6.07) is 0.466. The molecule has 0 aromatic rings. The van der Waals surface area contributed by atoms with Crippen LogP contribution in [0.15, 0.2) is 22.1 Å². The van der Waals surface area contributed by atoms with Crippen molar-refractivity contribution >= 4 is 0 Å². The Labute approximate surface area is 107 Å². The number of hydrogen-bond acceptors (Lipinski definition) is 3. The lowest BCUT2D eigenvalue weighted by molar-refractivity contribution is 0.173. The lowest BCUT2D eigenvalue weighted by Gasteiger charge is -2.38. The lowest BCUT2D eigenvalue weighted by Crippen LogP contribution is -2.32. The zero-order valence-electron chi connectivity index (χ0n) is 12.8. The Bertz CT molecular complexity index is 282. The molecule has 0 aliphatic rings. The maximum Gasteiger partial charge on any atom is 0.0843 e. The van der Waals surface area contributed by atoms with Crippen LogP contribution in [-0.2, 0) is 0 Å². The highest BCUT2D eigenvalue weighted by Crippen LogP contribution is 2.44. The second-order valence-corrected chi connectivity index (χ2v) is 6.18. The predicted octanol–water partition coefficient (Wildman–Crippen LogP) is 4.37. The molecule has 0 saturated carbocycles. The Balaban J connectivity index is 5.10. The minimum atomic E-state index is -0.0209. The number of nitrogens with zero attached hydrogens (tertiary/aromatic N) is 2. The first-order valence-electron chi connectivity index (χ1n) is 6.43. The fraction of sp³-hybridized carbons (Fsp3) is 0.857. The van der Waals surface area contributed by atoms with Gasteiger partial charge in [0.2, 0.25) is 0 Å². The Morgan fingerprint density at radius 3 is 2.12 bits per heavy atom. The highest BCUT2D eigenvalue weighted by atomic mass is 15.1. The molecule has 3 nitrogen and oxygen atoms in total. The van der Waals surface area contributed by atoms with Gasteiger partial charge in [0, 0.05) is 24.7 Å². The van der Waals surface area contributed by atoms with Gasteiger partial charge in [-0.25, -0.2) is 0 Å². The molecule has 0 saturated heterocycles. The van der Waals surface area contributed by atoms with Gasteiger partial charge in [-0.05, 0) is 18.8 Å². The van der Waals surface area contributed by atoms with Crippen molar-refractivity contribution in [2.45, 2.75) is 60.9 Å². The summed E-state index contributed by atoms with van der Waals surface area (Å²) in [5.74, 6) is 0. The number of hydrogen-bond donors (Lipinski definition) is 1. The summed E-state index contributed by atoms with van der Waals surface area (Å²) < 4.78 is 0. The first kappa shape index (κ1) is 16.1. The minimum Gasteiger partial charge on any atom is -0.387 e. The van der Waals surface area contributed by atoms with Gasteiger partial charge >= 0.3 is 0 Å². The van der Waals surface area contributed by atoms with Crippen molar-refractivity contribution < 1.29 is 0 Å². The molecule has 0 radical (unpaired) electrons. The van der Waals surface area contributed by atoms with E-state index < -0.39 is 0 Å². The van der Waals surface area contributed by atoms with E-state index in [0.29, 0.717) is 6.04 Å². The van der Waals surface area contributed by atoms with E-state index in [1.165, 1.54) is 0 Å². The van der Waals surface area contributed by atoms with Gasteiger partial charge in [-0.1, -0.05) is 41.5 Å². The standard InChI is InChI=1S/C14H29N3/c1-9-11(2)16-10-12(17-15-8)14(6,7)13(3,4)5/h10-11,16H,9H2,1-8H3/b12-10-,17-15-. The van der Waals surface area contributed by atoms with Crippen LogP contribution < -0.4 is 5.32 Å². The van der Waals surface area contributed by atoms with Crippen LogP contribution in [0.25, 0.3) is 0 Å². The third-order valence-corrected chi connectivity index (χ3v) is 3.84. The van der Waals surface area contributed by atoms with Gasteiger partial charge in [0.05, 0.1) is 5.70 Å². The molecule has 0 bridgehead atoms. The van der Waals surface area contributed by atoms with Gasteiger partial charge in [0.15, 0.2) is 0 Å². The maximum atomic E-state index is 4.29. The van der Waals surface area contributed by atoms with Crippen LogP contribution in [0.1, 0.15) is 54.9 Å². The zero-order chi connectivity index (χ0) is 13.7. The summed E-state index contributed by atoms with van der Waals surface area (Å²) in [4.78, 5) is 0. The van der Waals surface area contributed by atoms with Crippen molar-refractivity contribution in [2.24, 2.45) is 21.1 Å². The van der Waals surface area contributed by atoms with Crippen molar-refractivity contribution in [1.29, 1.82) is 0 Å². The molecule has 17 heavy (non-hydrogen) atoms. The van der Waals surface area contributed by atoms with Crippen LogP contribution in [-0.4, -0.2) is 13.1 Å². The van der Waals surface area contributed by atoms with Crippen molar-refractivity contribution in [1.82, 2.24) is 5.32 Å². The van der Waals surface area contributed by atoms with E-state index >= 15 is 0 Å². The highest BCUT2D eigenvalue weighted by Gasteiger charge is 2.36. The third-order valence-electron chi connectivity index (χ3n) is 3.84. The molecule has 100 valence electrons. The lowest BCUT2D eigenvalue weighted by atomic mass is 9.67. The quantitative estimate of drug-likeness (QED) is 0.711. The summed E-state index contributed by atoms with van der Waals surface area (Å²) in [5.41, 5.74) is 1.13. The Morgan fingerprint density at radius 1 is 1.24 bits per heavy atom. The van der Waals surface area contributed by atoms with Gasteiger partial charge in [-0.2, -0.15) is 10.2 Å². The van der Waals surface area contributed by atoms with Gasteiger partial charge in [0.25, 0.3) is 0 Å². The second-order valence-electron chi connectivity index (χ2n) is 6.18. The van der Waals surface area contributed by atoms with Crippen molar-refractivity contribution in [3.05, 3.63) is 11.9 Å². The van der Waals surface area contributed by atoms with Crippen molar-refractivity contribution in [3.63, 3.8) is 0 Å². The Morgan fingerprint density at radius 2 is 1.76 bits per heavy atom. The molecule has 0 heterocycles. The van der Waals surface area contributed by atoms with Gasteiger partial charge in [-0.15, -0.1) is 0 Å². The van der Waals surface area contributed by atoms with Crippen LogP contribution >= 0.6 is 0 Å². The smallest absolute Gasteiger partial charge is 0.0843 e. The monoisotopic (exact) mass is 239 g/mol. The molecule has 0 rings (SSSR count). The molecule has 1 unspecified atom stereocenters. The van der Waals surface area contributed by atoms with E-state index in [1.807, 2.05) is 6.20 Å². The van der Waals surface area contributed by atoms with Crippen LogP contribution in [0.4, 0.5) is 0 Å². The number of nitrogens with one attached hydrogen (secondary N) is 1. The van der Waals surface area contributed by atoms with Crippen molar-refractivity contribution in [3.8, 4) is 0 Å². The predicted molar refractivity (Wildman–Crippen MR) is 75.0 cm³/mol. The summed E-state index contributed by atoms with van der Waals surface area (Å²) in [6.45, 7) is 15.5. The largest absolute Gasteiger partial charge is 0.387 e. The van der Waals surface area contributed by atoms with E-state index in [-0.39, 0.29) is 10.8 Å². The molecule has 0 amide bonds.